The van der Waals surface area contributed by atoms with Gasteiger partial charge >= 0.3 is 30.9 Å². The minimum Gasteiger partial charge on any atom is -0.457 e. The Morgan fingerprint density at radius 1 is 0.652 bits per heavy atom. The van der Waals surface area contributed by atoms with Crippen molar-refractivity contribution < 1.29 is 62.7 Å². The van der Waals surface area contributed by atoms with Gasteiger partial charge in [-0.1, -0.05) is 86.4 Å². The summed E-state index contributed by atoms with van der Waals surface area (Å²) in [5.74, 6) is -1.22. The molecular formula is C55H91N13O16P2S3. The van der Waals surface area contributed by atoms with Crippen LogP contribution in [0.15, 0.2) is 94.0 Å². The number of hydrogen-bond acceptors (Lipinski definition) is 26. The lowest BCUT2D eigenvalue weighted by Crippen LogP contribution is -2.29. The summed E-state index contributed by atoms with van der Waals surface area (Å²) in [6.07, 6.45) is 2.70. The maximum Gasteiger partial charge on any atom is 0.469 e. The third-order valence-corrected chi connectivity index (χ3v) is 17.9. The zero-order valence-corrected chi connectivity index (χ0v) is 53.6. The molecule has 12 N–H and O–H groups in total. The number of nitrogens with one attached hydrogen (secondary N) is 2. The molecule has 0 spiro atoms. The molecule has 29 nitrogen and oxygen atoms in total. The number of ether oxygens (including phenoxy) is 1. The average molecular weight is 1350 g/mol. The van der Waals surface area contributed by atoms with Crippen LogP contribution in [0.3, 0.4) is 0 Å². The van der Waals surface area contributed by atoms with E-state index in [2.05, 4.69) is 72.8 Å². The number of esters is 1. The predicted molar refractivity (Wildman–Crippen MR) is 351 cm³/mol. The Morgan fingerprint density at radius 2 is 1.06 bits per heavy atom. The highest BCUT2D eigenvalue weighted by atomic mass is 32.2. The summed E-state index contributed by atoms with van der Waals surface area (Å²) in [6, 6.07) is 18.3. The first-order chi connectivity index (χ1) is 40.3. The topological polar surface area (TPSA) is 429 Å². The van der Waals surface area contributed by atoms with Gasteiger partial charge in [0.15, 0.2) is 9.03 Å². The first-order valence-electron chi connectivity index (χ1n) is 26.9. The number of phosphoric acid groups is 1. The average Bonchev–Trinajstić information content (AvgIpc) is 1.98. The van der Waals surface area contributed by atoms with Crippen molar-refractivity contribution in [3.8, 4) is 0 Å². The standard InChI is InChI=1S/C22H20N4O5S.C8H13N4O6PS.C8H12N4O3S.C8H19O2P.C6H15N.3CH4/c27-12-17-16(31-20(29)15-9-5-2-6-10-15)11-18(32-17)26-13-23-21(25-22(26)30)24-19(28)14-7-3-1-4-8-14;9-7-10-3-12(8(14)11-7)6-1-4(13)5(20-6)2-18-19(15,16)17;9-7-10-3-12(8(15)11-7)6-1-4(14)5(2-13)16-6;1-7(2,3)9-11-10-8(4,5)6;1-5(2)7-6(3)4;;;/h1-10,13,16-18,27H,11-12H2,(H,24,25,28,30);3-6,13H,1-2H2,(H2,9,11,14)(H2,15,16,17);3-6,13-14H,1-2H2,(H2,9,11,15);11H,1-6H3;5-7H,1-4H3;3*1H4/t16-,17-,18-;2*4-,5-,6-;;;;;/m111...../s1. The summed E-state index contributed by atoms with van der Waals surface area (Å²) >= 11 is 3.80. The predicted octanol–water partition coefficient (Wildman–Crippen LogP) is 5.81. The Hall–Kier alpha value is -5.28. The molecule has 6 heterocycles. The second-order valence-electron chi connectivity index (χ2n) is 21.7. The molecule has 89 heavy (non-hydrogen) atoms. The number of nitrogens with zero attached hydrogens (tertiary/aromatic N) is 9. The summed E-state index contributed by atoms with van der Waals surface area (Å²) in [7, 11) is -4.45. The van der Waals surface area contributed by atoms with Crippen LogP contribution in [0.2, 0.25) is 0 Å². The van der Waals surface area contributed by atoms with Crippen molar-refractivity contribution in [3.63, 3.8) is 0 Å². The van der Waals surface area contributed by atoms with Gasteiger partial charge in [-0.15, -0.1) is 35.3 Å². The molecule has 0 radical (unpaired) electrons. The normalized spacial score (nSPS) is 21.1. The largest absolute Gasteiger partial charge is 0.469 e. The molecule has 2 aromatic carbocycles. The number of phosphoric ester groups is 1. The quantitative estimate of drug-likeness (QED) is 0.0411. The maximum absolute atomic E-state index is 12.6. The minimum atomic E-state index is -4.59. The van der Waals surface area contributed by atoms with E-state index in [4.69, 9.17) is 40.1 Å². The number of thioether (sulfide) groups is 3. The molecule has 500 valence electrons. The Kier molecular flexibility index (Phi) is 35.4. The number of hydrogen-bond donors (Lipinski definition) is 10. The molecule has 34 heteroatoms. The van der Waals surface area contributed by atoms with Crippen LogP contribution in [0.25, 0.3) is 0 Å². The Bertz CT molecular complexity index is 3120. The molecule has 9 atom stereocenters. The SMILES string of the molecule is C.C.C.CC(C)(C)OPOC(C)(C)C.CC(C)NC(C)C.Nc1ncn([C@H]2C[C@@H](O)[C@@H](CO)S2)c(=O)n1.Nc1ncn([C@H]2C[C@@H](O)[C@@H](COP(=O)(O)O)S2)c(=O)n1.O=C(Nc1ncn([C@H]2C[C@@H](OC(=O)c3ccccc3)[C@@H](CO)S2)c(=O)n1)c1ccccc1. The number of benzene rings is 2. The monoisotopic (exact) mass is 1350 g/mol. The first-order valence-corrected chi connectivity index (χ1v) is 32.0. The van der Waals surface area contributed by atoms with E-state index in [-0.39, 0.29) is 97.2 Å². The van der Waals surface area contributed by atoms with Crippen LogP contribution in [0.4, 0.5) is 17.8 Å². The van der Waals surface area contributed by atoms with Gasteiger partial charge < -0.3 is 60.8 Å². The van der Waals surface area contributed by atoms with Gasteiger partial charge in [-0.05, 0) is 65.8 Å². The van der Waals surface area contributed by atoms with Gasteiger partial charge in [0, 0.05) is 36.9 Å². The molecule has 0 saturated carbocycles. The third kappa shape index (κ3) is 29.3. The molecular weight excluding hydrogens is 1260 g/mol. The van der Waals surface area contributed by atoms with Gasteiger partial charge in [0.1, 0.15) is 25.1 Å². The van der Waals surface area contributed by atoms with Crippen LogP contribution >= 0.6 is 52.1 Å². The molecule has 0 bridgehead atoms. The fourth-order valence-corrected chi connectivity index (χ4v) is 12.8. The highest BCUT2D eigenvalue weighted by molar-refractivity contribution is 8.00. The van der Waals surface area contributed by atoms with E-state index in [1.807, 2.05) is 41.5 Å². The smallest absolute Gasteiger partial charge is 0.457 e. The number of nitrogen functional groups attached to an aromatic ring is 2. The minimum absolute atomic E-state index is 0. The van der Waals surface area contributed by atoms with Gasteiger partial charge in [0.25, 0.3) is 5.91 Å². The summed E-state index contributed by atoms with van der Waals surface area (Å²) in [5, 5.41) is 41.6. The van der Waals surface area contributed by atoms with Gasteiger partial charge in [-0.3, -0.25) is 28.3 Å². The third-order valence-electron chi connectivity index (χ3n) is 11.4. The Balaban J connectivity index is 0.000000602. The molecule has 0 aliphatic carbocycles. The Labute approximate surface area is 534 Å². The highest BCUT2D eigenvalue weighted by Crippen LogP contribution is 2.45. The number of carbonyl (C=O) groups excluding carboxylic acids is 2. The summed E-state index contributed by atoms with van der Waals surface area (Å²) in [5.41, 5.74) is 9.50. The number of aliphatic hydroxyl groups excluding tert-OH is 4. The Morgan fingerprint density at radius 3 is 1.45 bits per heavy atom. The number of aromatic nitrogens is 9. The lowest BCUT2D eigenvalue weighted by Gasteiger charge is -2.23. The molecule has 0 unspecified atom stereocenters. The number of carbonyl (C=O) groups is 2. The van der Waals surface area contributed by atoms with Crippen LogP contribution in [-0.4, -0.2) is 163 Å². The lowest BCUT2D eigenvalue weighted by atomic mass is 10.1. The molecule has 3 aromatic heterocycles. The highest BCUT2D eigenvalue weighted by Gasteiger charge is 2.40. The zero-order valence-electron chi connectivity index (χ0n) is 49.2. The van der Waals surface area contributed by atoms with Crippen LogP contribution < -0.4 is 39.2 Å². The van der Waals surface area contributed by atoms with E-state index in [0.717, 1.165) is 11.8 Å². The van der Waals surface area contributed by atoms with Crippen molar-refractivity contribution in [1.29, 1.82) is 0 Å². The molecule has 1 amide bonds. The van der Waals surface area contributed by atoms with E-state index in [1.54, 1.807) is 60.7 Å². The van der Waals surface area contributed by atoms with Crippen molar-refractivity contribution in [1.82, 2.24) is 48.9 Å². The molecule has 8 rings (SSSR count). The van der Waals surface area contributed by atoms with Gasteiger partial charge in [0.05, 0.1) is 80.7 Å². The van der Waals surface area contributed by atoms with Crippen LogP contribution in [-0.2, 0) is 22.9 Å². The van der Waals surface area contributed by atoms with E-state index >= 15 is 0 Å². The van der Waals surface area contributed by atoms with Crippen LogP contribution in [0.5, 0.6) is 0 Å². The fraction of sp³-hybridized carbons (Fsp3) is 0.582. The fourth-order valence-electron chi connectivity index (χ4n) is 7.60. The molecule has 5 aromatic rings. The van der Waals surface area contributed by atoms with E-state index in [9.17, 15) is 43.9 Å². The zero-order chi connectivity index (χ0) is 64.1. The number of amides is 1. The van der Waals surface area contributed by atoms with Crippen molar-refractivity contribution in [3.05, 3.63) is 122 Å². The van der Waals surface area contributed by atoms with E-state index < -0.39 is 76.3 Å². The molecule has 3 fully saturated rings. The van der Waals surface area contributed by atoms with Crippen LogP contribution in [0, 0.1) is 0 Å². The second kappa shape index (κ2) is 38.5. The summed E-state index contributed by atoms with van der Waals surface area (Å²) < 4.78 is 35.2. The van der Waals surface area contributed by atoms with Crippen molar-refractivity contribution in [2.24, 2.45) is 0 Å². The summed E-state index contributed by atoms with van der Waals surface area (Å²) in [4.78, 5) is 99.9. The molecule has 3 aliphatic rings. The number of anilines is 3. The molecule has 3 aliphatic heterocycles. The lowest BCUT2D eigenvalue weighted by molar-refractivity contribution is 0.0253. The number of nitrogens with two attached hydrogens (primary N) is 2. The molecule has 3 saturated heterocycles. The van der Waals surface area contributed by atoms with Gasteiger partial charge in [0.2, 0.25) is 17.8 Å². The summed E-state index contributed by atoms with van der Waals surface area (Å²) in [6.45, 7) is 20.1. The second-order valence-corrected chi connectivity index (χ2v) is 27.8. The van der Waals surface area contributed by atoms with Gasteiger partial charge in [-0.2, -0.15) is 15.0 Å². The van der Waals surface area contributed by atoms with Gasteiger partial charge in [-0.25, -0.2) is 38.7 Å². The van der Waals surface area contributed by atoms with Crippen molar-refractivity contribution >= 4 is 81.9 Å². The maximum atomic E-state index is 12.6. The van der Waals surface area contributed by atoms with Crippen molar-refractivity contribution in [2.75, 3.05) is 36.6 Å². The number of rotatable bonds is 16. The van der Waals surface area contributed by atoms with Crippen LogP contribution in [0.1, 0.15) is 148 Å². The van der Waals surface area contributed by atoms with Crippen molar-refractivity contribution in [2.45, 2.75) is 184 Å². The van der Waals surface area contributed by atoms with E-state index in [0.29, 0.717) is 36.1 Å². The first kappa shape index (κ1) is 81.7. The van der Waals surface area contributed by atoms with E-state index in [1.165, 1.54) is 56.2 Å². The number of aliphatic hydroxyl groups is 4.